The Morgan fingerprint density at radius 2 is 2.05 bits per heavy atom. The topological polar surface area (TPSA) is 46.0 Å². The third-order valence-corrected chi connectivity index (χ3v) is 2.99. The third kappa shape index (κ3) is 3.87. The molecule has 2 aromatic heterocycles. The standard InChI is InChI=1S/C14H21N5/c1-15-9-12-5-4-6-13(17-12)10-18(2)11-14-16-7-8-19(14)3/h4-8,15H,9-11H2,1-3H3. The Labute approximate surface area is 114 Å². The molecule has 2 rings (SSSR count). The lowest BCUT2D eigenvalue weighted by Gasteiger charge is -2.16. The summed E-state index contributed by atoms with van der Waals surface area (Å²) in [5.74, 6) is 1.06. The fourth-order valence-electron chi connectivity index (χ4n) is 2.02. The van der Waals surface area contributed by atoms with Crippen LogP contribution in [0.2, 0.25) is 0 Å². The third-order valence-electron chi connectivity index (χ3n) is 2.99. The summed E-state index contributed by atoms with van der Waals surface area (Å²) in [5.41, 5.74) is 2.16. The molecule has 1 N–H and O–H groups in total. The van der Waals surface area contributed by atoms with Crippen molar-refractivity contribution in [2.75, 3.05) is 14.1 Å². The number of nitrogens with zero attached hydrogens (tertiary/aromatic N) is 4. The molecule has 0 bridgehead atoms. The van der Waals surface area contributed by atoms with Gasteiger partial charge in [-0.25, -0.2) is 4.98 Å². The molecule has 5 nitrogen and oxygen atoms in total. The Balaban J connectivity index is 1.96. The second kappa shape index (κ2) is 6.45. The Bertz CT molecular complexity index is 520. The van der Waals surface area contributed by atoms with E-state index in [2.05, 4.69) is 39.4 Å². The van der Waals surface area contributed by atoms with Crippen molar-refractivity contribution in [1.29, 1.82) is 0 Å². The fraction of sp³-hybridized carbons (Fsp3) is 0.429. The van der Waals surface area contributed by atoms with E-state index in [-0.39, 0.29) is 0 Å². The summed E-state index contributed by atoms with van der Waals surface area (Å²) in [6.45, 7) is 2.45. The molecule has 102 valence electrons. The van der Waals surface area contributed by atoms with Crippen LogP contribution in [-0.2, 0) is 26.7 Å². The minimum absolute atomic E-state index is 0.803. The molecular formula is C14H21N5. The first-order chi connectivity index (χ1) is 9.19. The molecule has 5 heteroatoms. The smallest absolute Gasteiger partial charge is 0.122 e. The van der Waals surface area contributed by atoms with E-state index in [9.17, 15) is 0 Å². The first-order valence-electron chi connectivity index (χ1n) is 6.43. The van der Waals surface area contributed by atoms with Gasteiger partial charge in [0.15, 0.2) is 0 Å². The molecule has 0 saturated heterocycles. The second-order valence-electron chi connectivity index (χ2n) is 4.78. The van der Waals surface area contributed by atoms with Crippen LogP contribution in [-0.4, -0.2) is 33.5 Å². The molecule has 0 aliphatic carbocycles. The van der Waals surface area contributed by atoms with Crippen LogP contribution in [0.4, 0.5) is 0 Å². The normalized spacial score (nSPS) is 11.2. The lowest BCUT2D eigenvalue weighted by atomic mass is 10.3. The molecule has 0 fully saturated rings. The number of aromatic nitrogens is 3. The Kier molecular flexibility index (Phi) is 4.65. The zero-order chi connectivity index (χ0) is 13.7. The first kappa shape index (κ1) is 13.7. The van der Waals surface area contributed by atoms with Crippen molar-refractivity contribution < 1.29 is 0 Å². The molecule has 0 aliphatic heterocycles. The van der Waals surface area contributed by atoms with Crippen molar-refractivity contribution in [2.24, 2.45) is 7.05 Å². The highest BCUT2D eigenvalue weighted by Crippen LogP contribution is 2.06. The van der Waals surface area contributed by atoms with Crippen molar-refractivity contribution >= 4 is 0 Å². The van der Waals surface area contributed by atoms with Gasteiger partial charge in [-0.3, -0.25) is 9.88 Å². The maximum absolute atomic E-state index is 4.62. The van der Waals surface area contributed by atoms with Crippen molar-refractivity contribution in [1.82, 2.24) is 24.8 Å². The summed E-state index contributed by atoms with van der Waals surface area (Å²) in [6, 6.07) is 6.16. The maximum atomic E-state index is 4.62. The van der Waals surface area contributed by atoms with Crippen LogP contribution in [0.1, 0.15) is 17.2 Å². The quantitative estimate of drug-likeness (QED) is 0.846. The zero-order valence-corrected chi connectivity index (χ0v) is 11.8. The summed E-state index contributed by atoms with van der Waals surface area (Å²) in [5, 5.41) is 3.12. The summed E-state index contributed by atoms with van der Waals surface area (Å²) in [6.07, 6.45) is 3.80. The average Bonchev–Trinajstić information content (AvgIpc) is 2.76. The van der Waals surface area contributed by atoms with Gasteiger partial charge in [-0.05, 0) is 26.2 Å². The Hall–Kier alpha value is -1.72. The predicted molar refractivity (Wildman–Crippen MR) is 75.4 cm³/mol. The monoisotopic (exact) mass is 259 g/mol. The van der Waals surface area contributed by atoms with E-state index in [1.54, 1.807) is 0 Å². The van der Waals surface area contributed by atoms with Gasteiger partial charge >= 0.3 is 0 Å². The van der Waals surface area contributed by atoms with Gasteiger partial charge in [0.05, 0.1) is 17.9 Å². The van der Waals surface area contributed by atoms with E-state index < -0.39 is 0 Å². The van der Waals surface area contributed by atoms with Crippen LogP contribution in [0.25, 0.3) is 0 Å². The van der Waals surface area contributed by atoms with Gasteiger partial charge < -0.3 is 9.88 Å². The Morgan fingerprint density at radius 3 is 2.74 bits per heavy atom. The molecule has 0 aliphatic rings. The molecule has 0 radical (unpaired) electrons. The number of pyridine rings is 1. The minimum Gasteiger partial charge on any atom is -0.337 e. The molecule has 0 amide bonds. The van der Waals surface area contributed by atoms with E-state index in [0.717, 1.165) is 36.8 Å². The van der Waals surface area contributed by atoms with Crippen molar-refractivity contribution in [3.63, 3.8) is 0 Å². The van der Waals surface area contributed by atoms with Gasteiger partial charge in [-0.2, -0.15) is 0 Å². The number of aryl methyl sites for hydroxylation is 1. The van der Waals surface area contributed by atoms with Crippen LogP contribution < -0.4 is 5.32 Å². The lowest BCUT2D eigenvalue weighted by molar-refractivity contribution is 0.303. The molecule has 0 saturated carbocycles. The molecule has 0 atom stereocenters. The van der Waals surface area contributed by atoms with E-state index in [1.807, 2.05) is 37.1 Å². The van der Waals surface area contributed by atoms with Crippen LogP contribution in [0.3, 0.4) is 0 Å². The number of hydrogen-bond donors (Lipinski definition) is 1. The maximum Gasteiger partial charge on any atom is 0.122 e. The van der Waals surface area contributed by atoms with E-state index in [0.29, 0.717) is 0 Å². The van der Waals surface area contributed by atoms with Gasteiger partial charge in [-0.1, -0.05) is 6.07 Å². The van der Waals surface area contributed by atoms with Crippen LogP contribution in [0.5, 0.6) is 0 Å². The van der Waals surface area contributed by atoms with Crippen molar-refractivity contribution in [3.05, 3.63) is 47.8 Å². The van der Waals surface area contributed by atoms with Gasteiger partial charge in [0, 0.05) is 32.5 Å². The fourth-order valence-corrected chi connectivity index (χ4v) is 2.02. The van der Waals surface area contributed by atoms with Gasteiger partial charge in [0.2, 0.25) is 0 Å². The lowest BCUT2D eigenvalue weighted by Crippen LogP contribution is -2.20. The molecule has 2 heterocycles. The summed E-state index contributed by atoms with van der Waals surface area (Å²) < 4.78 is 2.04. The minimum atomic E-state index is 0.803. The van der Waals surface area contributed by atoms with Crippen molar-refractivity contribution in [2.45, 2.75) is 19.6 Å². The number of hydrogen-bond acceptors (Lipinski definition) is 4. The second-order valence-corrected chi connectivity index (χ2v) is 4.78. The SMILES string of the molecule is CNCc1cccc(CN(C)Cc2nccn2C)n1. The highest BCUT2D eigenvalue weighted by Gasteiger charge is 2.06. The van der Waals surface area contributed by atoms with Crippen LogP contribution in [0, 0.1) is 0 Å². The van der Waals surface area contributed by atoms with E-state index >= 15 is 0 Å². The number of rotatable bonds is 6. The predicted octanol–water partition coefficient (Wildman–Crippen LogP) is 1.17. The zero-order valence-electron chi connectivity index (χ0n) is 11.8. The van der Waals surface area contributed by atoms with Gasteiger partial charge in [0.25, 0.3) is 0 Å². The molecule has 0 aromatic carbocycles. The highest BCUT2D eigenvalue weighted by molar-refractivity contribution is 5.11. The number of imidazole rings is 1. The summed E-state index contributed by atoms with van der Waals surface area (Å²) in [4.78, 5) is 11.2. The summed E-state index contributed by atoms with van der Waals surface area (Å²) in [7, 11) is 6.03. The average molecular weight is 259 g/mol. The molecule has 0 spiro atoms. The van der Waals surface area contributed by atoms with E-state index in [1.165, 1.54) is 0 Å². The molecule has 19 heavy (non-hydrogen) atoms. The highest BCUT2D eigenvalue weighted by atomic mass is 15.2. The van der Waals surface area contributed by atoms with Gasteiger partial charge in [-0.15, -0.1) is 0 Å². The molecule has 2 aromatic rings. The van der Waals surface area contributed by atoms with E-state index in [4.69, 9.17) is 0 Å². The molecular weight excluding hydrogens is 238 g/mol. The summed E-state index contributed by atoms with van der Waals surface area (Å²) >= 11 is 0. The van der Waals surface area contributed by atoms with Crippen molar-refractivity contribution in [3.8, 4) is 0 Å². The Morgan fingerprint density at radius 1 is 1.26 bits per heavy atom. The number of nitrogens with one attached hydrogen (secondary N) is 1. The van der Waals surface area contributed by atoms with Crippen LogP contribution in [0.15, 0.2) is 30.6 Å². The first-order valence-corrected chi connectivity index (χ1v) is 6.43. The largest absolute Gasteiger partial charge is 0.337 e. The van der Waals surface area contributed by atoms with Crippen LogP contribution >= 0.6 is 0 Å². The molecule has 0 unspecified atom stereocenters. The van der Waals surface area contributed by atoms with Gasteiger partial charge in [0.1, 0.15) is 5.82 Å².